The molecule has 0 N–H and O–H groups in total. The molecule has 0 atom stereocenters. The monoisotopic (exact) mass is 362 g/mol. The number of rotatable bonds is 6. The molecule has 0 bridgehead atoms. The second-order valence-electron chi connectivity index (χ2n) is 6.10. The van der Waals surface area contributed by atoms with Gasteiger partial charge in [-0.25, -0.2) is 0 Å². The molecule has 26 heavy (non-hydrogen) atoms. The minimum absolute atomic E-state index is 0.273. The SMILES string of the molecule is O=[PH](OCc1cccc2ccccc12)OCc1cccc2ccccc12. The van der Waals surface area contributed by atoms with Crippen LogP contribution in [0.5, 0.6) is 0 Å². The van der Waals surface area contributed by atoms with E-state index in [1.165, 1.54) is 0 Å². The third kappa shape index (κ3) is 3.71. The van der Waals surface area contributed by atoms with Crippen LogP contribution >= 0.6 is 8.25 Å². The van der Waals surface area contributed by atoms with E-state index in [0.717, 1.165) is 32.7 Å². The standard InChI is InChI=1S/C22H19O3P/c23-26(24-15-19-11-5-9-17-7-1-3-13-21(17)19)25-16-20-12-6-10-18-8-2-4-14-22(18)20/h1-14,26H,15-16H2. The van der Waals surface area contributed by atoms with E-state index in [2.05, 4.69) is 24.3 Å². The molecular formula is C22H19O3P. The predicted octanol–water partition coefficient (Wildman–Crippen LogP) is 6.12. The third-order valence-electron chi connectivity index (χ3n) is 4.45. The lowest BCUT2D eigenvalue weighted by Crippen LogP contribution is -1.92. The van der Waals surface area contributed by atoms with E-state index in [1.54, 1.807) is 0 Å². The van der Waals surface area contributed by atoms with Crippen molar-refractivity contribution in [2.24, 2.45) is 0 Å². The number of fused-ring (bicyclic) bond motifs is 2. The molecule has 4 aromatic carbocycles. The minimum atomic E-state index is -2.57. The fourth-order valence-electron chi connectivity index (χ4n) is 3.15. The van der Waals surface area contributed by atoms with Crippen LogP contribution in [0.25, 0.3) is 21.5 Å². The number of hydrogen-bond donors (Lipinski definition) is 0. The maximum Gasteiger partial charge on any atom is 0.319 e. The van der Waals surface area contributed by atoms with Crippen molar-refractivity contribution in [3.63, 3.8) is 0 Å². The van der Waals surface area contributed by atoms with Crippen molar-refractivity contribution in [3.8, 4) is 0 Å². The van der Waals surface area contributed by atoms with Gasteiger partial charge in [0.05, 0.1) is 13.2 Å². The Balaban J connectivity index is 1.41. The molecule has 4 aromatic rings. The molecule has 0 amide bonds. The summed E-state index contributed by atoms with van der Waals surface area (Å²) in [5.41, 5.74) is 2.02. The molecule has 0 saturated heterocycles. The van der Waals surface area contributed by atoms with Gasteiger partial charge in [-0.2, -0.15) is 0 Å². The smallest absolute Gasteiger partial charge is 0.306 e. The van der Waals surface area contributed by atoms with Gasteiger partial charge in [-0.1, -0.05) is 84.9 Å². The van der Waals surface area contributed by atoms with Crippen molar-refractivity contribution in [2.45, 2.75) is 13.2 Å². The zero-order valence-corrected chi connectivity index (χ0v) is 15.2. The molecule has 0 heterocycles. The van der Waals surface area contributed by atoms with Gasteiger partial charge in [-0.05, 0) is 32.7 Å². The van der Waals surface area contributed by atoms with E-state index in [4.69, 9.17) is 9.05 Å². The van der Waals surface area contributed by atoms with Gasteiger partial charge in [0.2, 0.25) is 0 Å². The zero-order valence-electron chi connectivity index (χ0n) is 14.2. The van der Waals surface area contributed by atoms with Crippen molar-refractivity contribution < 1.29 is 13.6 Å². The van der Waals surface area contributed by atoms with Crippen LogP contribution in [0.2, 0.25) is 0 Å². The Hall–Kier alpha value is -2.45. The van der Waals surface area contributed by atoms with E-state index < -0.39 is 8.25 Å². The largest absolute Gasteiger partial charge is 0.319 e. The van der Waals surface area contributed by atoms with Crippen molar-refractivity contribution in [3.05, 3.63) is 96.1 Å². The first-order chi connectivity index (χ1) is 12.8. The summed E-state index contributed by atoms with van der Waals surface area (Å²) in [6, 6.07) is 28.2. The summed E-state index contributed by atoms with van der Waals surface area (Å²) < 4.78 is 23.2. The maximum absolute atomic E-state index is 12.2. The average Bonchev–Trinajstić information content (AvgIpc) is 2.70. The van der Waals surface area contributed by atoms with Gasteiger partial charge >= 0.3 is 8.25 Å². The fraction of sp³-hybridized carbons (Fsp3) is 0.0909. The Morgan fingerprint density at radius 2 is 1.00 bits per heavy atom. The van der Waals surface area contributed by atoms with Gasteiger partial charge in [-0.15, -0.1) is 0 Å². The van der Waals surface area contributed by atoms with E-state index in [-0.39, 0.29) is 13.2 Å². The highest BCUT2D eigenvalue weighted by Gasteiger charge is 2.06. The van der Waals surface area contributed by atoms with E-state index in [9.17, 15) is 4.57 Å². The van der Waals surface area contributed by atoms with Crippen molar-refractivity contribution in [2.75, 3.05) is 0 Å². The molecule has 130 valence electrons. The topological polar surface area (TPSA) is 35.5 Å². The lowest BCUT2D eigenvalue weighted by molar-refractivity contribution is 0.214. The highest BCUT2D eigenvalue weighted by Crippen LogP contribution is 2.30. The quantitative estimate of drug-likeness (QED) is 0.388. The van der Waals surface area contributed by atoms with Gasteiger partial charge in [0, 0.05) is 0 Å². The van der Waals surface area contributed by atoms with Gasteiger partial charge in [0.25, 0.3) is 0 Å². The summed E-state index contributed by atoms with van der Waals surface area (Å²) in [6.07, 6.45) is 0. The Morgan fingerprint density at radius 1 is 0.577 bits per heavy atom. The zero-order chi connectivity index (χ0) is 17.8. The van der Waals surface area contributed by atoms with Crippen LogP contribution in [0, 0.1) is 0 Å². The van der Waals surface area contributed by atoms with Crippen molar-refractivity contribution in [1.29, 1.82) is 0 Å². The highest BCUT2D eigenvalue weighted by molar-refractivity contribution is 7.33. The summed E-state index contributed by atoms with van der Waals surface area (Å²) in [5.74, 6) is 0. The van der Waals surface area contributed by atoms with Crippen molar-refractivity contribution >= 4 is 29.8 Å². The van der Waals surface area contributed by atoms with E-state index in [1.807, 2.05) is 60.7 Å². The molecule has 0 aliphatic carbocycles. The Labute approximate surface area is 153 Å². The molecule has 4 rings (SSSR count). The summed E-state index contributed by atoms with van der Waals surface area (Å²) in [4.78, 5) is 0. The first-order valence-corrected chi connectivity index (χ1v) is 9.76. The van der Waals surface area contributed by atoms with Gasteiger partial charge in [-0.3, -0.25) is 4.57 Å². The minimum Gasteiger partial charge on any atom is -0.306 e. The predicted molar refractivity (Wildman–Crippen MR) is 106 cm³/mol. The third-order valence-corrected chi connectivity index (χ3v) is 5.21. The van der Waals surface area contributed by atoms with Gasteiger partial charge in [0.1, 0.15) is 0 Å². The number of benzene rings is 4. The van der Waals surface area contributed by atoms with Gasteiger partial charge < -0.3 is 9.05 Å². The molecule has 0 spiro atoms. The summed E-state index contributed by atoms with van der Waals surface area (Å²) in [6.45, 7) is 0.545. The average molecular weight is 362 g/mol. The first-order valence-electron chi connectivity index (χ1n) is 8.54. The van der Waals surface area contributed by atoms with Crippen LogP contribution in [-0.4, -0.2) is 0 Å². The fourth-order valence-corrected chi connectivity index (χ4v) is 3.78. The second-order valence-corrected chi connectivity index (χ2v) is 7.18. The Kier molecular flexibility index (Phi) is 5.12. The molecule has 0 aliphatic rings. The molecule has 4 heteroatoms. The van der Waals surface area contributed by atoms with Gasteiger partial charge in [0.15, 0.2) is 0 Å². The van der Waals surface area contributed by atoms with Crippen LogP contribution in [0.15, 0.2) is 84.9 Å². The molecule has 0 aliphatic heterocycles. The molecule has 0 fully saturated rings. The molecule has 0 unspecified atom stereocenters. The molecule has 0 aromatic heterocycles. The molecule has 0 radical (unpaired) electrons. The molecular weight excluding hydrogens is 343 g/mol. The Bertz CT molecular complexity index is 979. The first kappa shape index (κ1) is 17.0. The Morgan fingerprint density at radius 3 is 1.50 bits per heavy atom. The van der Waals surface area contributed by atoms with Crippen molar-refractivity contribution in [1.82, 2.24) is 0 Å². The summed E-state index contributed by atoms with van der Waals surface area (Å²) >= 11 is 0. The lowest BCUT2D eigenvalue weighted by atomic mass is 10.1. The maximum atomic E-state index is 12.2. The summed E-state index contributed by atoms with van der Waals surface area (Å²) in [5, 5.41) is 4.51. The van der Waals surface area contributed by atoms with Crippen LogP contribution in [0.1, 0.15) is 11.1 Å². The van der Waals surface area contributed by atoms with E-state index in [0.29, 0.717) is 0 Å². The van der Waals surface area contributed by atoms with E-state index >= 15 is 0 Å². The normalized spacial score (nSPS) is 11.4. The van der Waals surface area contributed by atoms with Crippen LogP contribution in [0.3, 0.4) is 0 Å². The number of hydrogen-bond acceptors (Lipinski definition) is 3. The lowest BCUT2D eigenvalue weighted by Gasteiger charge is -2.10. The van der Waals surface area contributed by atoms with Crippen LogP contribution in [-0.2, 0) is 26.8 Å². The molecule has 0 saturated carbocycles. The highest BCUT2D eigenvalue weighted by atomic mass is 31.1. The summed E-state index contributed by atoms with van der Waals surface area (Å²) in [7, 11) is -2.57. The second kappa shape index (κ2) is 7.84. The van der Waals surface area contributed by atoms with Crippen LogP contribution < -0.4 is 0 Å². The molecule has 3 nitrogen and oxygen atoms in total. The van der Waals surface area contributed by atoms with Crippen LogP contribution in [0.4, 0.5) is 0 Å².